The van der Waals surface area contributed by atoms with Gasteiger partial charge in [-0.15, -0.1) is 0 Å². The van der Waals surface area contributed by atoms with Crippen LogP contribution in [0.4, 0.5) is 0 Å². The van der Waals surface area contributed by atoms with Gasteiger partial charge in [0.05, 0.1) is 0 Å². The van der Waals surface area contributed by atoms with Crippen LogP contribution in [0.25, 0.3) is 0 Å². The molecule has 0 spiro atoms. The van der Waals surface area contributed by atoms with Crippen molar-refractivity contribution < 1.29 is 4.79 Å². The van der Waals surface area contributed by atoms with Gasteiger partial charge < -0.3 is 9.80 Å². The normalized spacial score (nSPS) is 11.2. The summed E-state index contributed by atoms with van der Waals surface area (Å²) in [5, 5.41) is 0. The van der Waals surface area contributed by atoms with Crippen LogP contribution in [-0.2, 0) is 4.79 Å². The van der Waals surface area contributed by atoms with Crippen molar-refractivity contribution in [2.75, 3.05) is 33.7 Å². The second-order valence-corrected chi connectivity index (χ2v) is 7.47. The molecule has 0 aliphatic rings. The lowest BCUT2D eigenvalue weighted by molar-refractivity contribution is -0.131. The van der Waals surface area contributed by atoms with E-state index in [0.717, 1.165) is 38.9 Å². The molecule has 0 atom stereocenters. The van der Waals surface area contributed by atoms with Crippen molar-refractivity contribution in [1.29, 1.82) is 0 Å². The van der Waals surface area contributed by atoms with Crippen molar-refractivity contribution >= 4 is 5.91 Å². The molecule has 0 aromatic heterocycles. The molecule has 0 aromatic carbocycles. The summed E-state index contributed by atoms with van der Waals surface area (Å²) in [6.45, 7) is 7.45. The summed E-state index contributed by atoms with van der Waals surface area (Å²) >= 11 is 0. The zero-order valence-corrected chi connectivity index (χ0v) is 17.1. The quantitative estimate of drug-likeness (QED) is 0.327. The highest BCUT2D eigenvalue weighted by molar-refractivity contribution is 5.76. The molecule has 0 aliphatic heterocycles. The van der Waals surface area contributed by atoms with E-state index in [0.29, 0.717) is 5.91 Å². The van der Waals surface area contributed by atoms with Gasteiger partial charge in [-0.2, -0.15) is 0 Å². The van der Waals surface area contributed by atoms with Gasteiger partial charge in [-0.25, -0.2) is 0 Å². The van der Waals surface area contributed by atoms with E-state index in [-0.39, 0.29) is 0 Å². The summed E-state index contributed by atoms with van der Waals surface area (Å²) in [6.07, 6.45) is 15.7. The number of carbonyl (C=O) groups excluding carboxylic acids is 1. The molecule has 24 heavy (non-hydrogen) atoms. The van der Waals surface area contributed by atoms with Crippen LogP contribution < -0.4 is 0 Å². The van der Waals surface area contributed by atoms with Gasteiger partial charge in [-0.05, 0) is 39.9 Å². The van der Waals surface area contributed by atoms with E-state index in [2.05, 4.69) is 37.7 Å². The fourth-order valence-electron chi connectivity index (χ4n) is 3.06. The van der Waals surface area contributed by atoms with E-state index >= 15 is 0 Å². The van der Waals surface area contributed by atoms with Gasteiger partial charge in [-0.1, -0.05) is 71.6 Å². The molecule has 0 saturated heterocycles. The first-order valence-electron chi connectivity index (χ1n) is 10.5. The molecule has 0 radical (unpaired) electrons. The van der Waals surface area contributed by atoms with Crippen LogP contribution in [0.15, 0.2) is 0 Å². The Balaban J connectivity index is 4.01. The molecule has 144 valence electrons. The summed E-state index contributed by atoms with van der Waals surface area (Å²) in [5.41, 5.74) is 0. The molecule has 0 bridgehead atoms. The maximum absolute atomic E-state index is 12.5. The van der Waals surface area contributed by atoms with Crippen molar-refractivity contribution in [2.24, 2.45) is 0 Å². The Labute approximate surface area is 152 Å². The minimum atomic E-state index is 0.389. The first kappa shape index (κ1) is 23.4. The highest BCUT2D eigenvalue weighted by Gasteiger charge is 2.12. The zero-order chi connectivity index (χ0) is 18.0. The first-order valence-corrected chi connectivity index (χ1v) is 10.5. The Morgan fingerprint density at radius 1 is 0.625 bits per heavy atom. The third kappa shape index (κ3) is 15.0. The molecule has 0 aliphatic carbocycles. The van der Waals surface area contributed by atoms with E-state index in [1.54, 1.807) is 0 Å². The highest BCUT2D eigenvalue weighted by Crippen LogP contribution is 2.10. The lowest BCUT2D eigenvalue weighted by Gasteiger charge is -2.24. The third-order valence-corrected chi connectivity index (χ3v) is 4.66. The van der Waals surface area contributed by atoms with Crippen LogP contribution >= 0.6 is 0 Å². The second-order valence-electron chi connectivity index (χ2n) is 7.47. The third-order valence-electron chi connectivity index (χ3n) is 4.66. The summed E-state index contributed by atoms with van der Waals surface area (Å²) in [4.78, 5) is 16.9. The summed E-state index contributed by atoms with van der Waals surface area (Å²) in [6, 6.07) is 0. The van der Waals surface area contributed by atoms with Gasteiger partial charge in [0.15, 0.2) is 0 Å². The SMILES string of the molecule is CCCCCCCCC(=O)N(CCCCCCC)CCCN(C)C. The van der Waals surface area contributed by atoms with Gasteiger partial charge in [0.25, 0.3) is 0 Å². The van der Waals surface area contributed by atoms with Crippen molar-refractivity contribution in [1.82, 2.24) is 9.80 Å². The van der Waals surface area contributed by atoms with Crippen LogP contribution in [0.1, 0.15) is 97.3 Å². The van der Waals surface area contributed by atoms with Gasteiger partial charge in [0.1, 0.15) is 0 Å². The Morgan fingerprint density at radius 3 is 1.71 bits per heavy atom. The van der Waals surface area contributed by atoms with E-state index in [4.69, 9.17) is 0 Å². The summed E-state index contributed by atoms with van der Waals surface area (Å²) in [5.74, 6) is 0.389. The fourth-order valence-corrected chi connectivity index (χ4v) is 3.06. The maximum Gasteiger partial charge on any atom is 0.222 e. The molecule has 0 heterocycles. The van der Waals surface area contributed by atoms with Gasteiger partial charge in [0.2, 0.25) is 5.91 Å². The van der Waals surface area contributed by atoms with Crippen molar-refractivity contribution in [3.63, 3.8) is 0 Å². The van der Waals surface area contributed by atoms with E-state index in [1.807, 2.05) is 0 Å². The van der Waals surface area contributed by atoms with Crippen LogP contribution in [0.2, 0.25) is 0 Å². The molecule has 0 unspecified atom stereocenters. The molecule has 3 nitrogen and oxygen atoms in total. The largest absolute Gasteiger partial charge is 0.343 e. The molecule has 0 fully saturated rings. The van der Waals surface area contributed by atoms with Crippen molar-refractivity contribution in [3.8, 4) is 0 Å². The van der Waals surface area contributed by atoms with Crippen LogP contribution in [0, 0.1) is 0 Å². The molecule has 1 amide bonds. The molecule has 0 aromatic rings. The molecular formula is C21H44N2O. The minimum Gasteiger partial charge on any atom is -0.343 e. The zero-order valence-electron chi connectivity index (χ0n) is 17.1. The van der Waals surface area contributed by atoms with Crippen molar-refractivity contribution in [3.05, 3.63) is 0 Å². The molecular weight excluding hydrogens is 296 g/mol. The number of hydrogen-bond donors (Lipinski definition) is 0. The number of carbonyl (C=O) groups is 1. The van der Waals surface area contributed by atoms with E-state index < -0.39 is 0 Å². The standard InChI is InChI=1S/C21H44N2O/c1-5-7-9-11-12-14-17-21(24)23(20-16-18-22(3)4)19-15-13-10-8-6-2/h5-20H2,1-4H3. The summed E-state index contributed by atoms with van der Waals surface area (Å²) < 4.78 is 0. The number of hydrogen-bond acceptors (Lipinski definition) is 2. The molecule has 0 saturated carbocycles. The monoisotopic (exact) mass is 340 g/mol. The highest BCUT2D eigenvalue weighted by atomic mass is 16.2. The van der Waals surface area contributed by atoms with E-state index in [9.17, 15) is 4.79 Å². The van der Waals surface area contributed by atoms with Crippen LogP contribution in [0.5, 0.6) is 0 Å². The first-order chi connectivity index (χ1) is 11.6. The molecule has 0 rings (SSSR count). The predicted molar refractivity (Wildman–Crippen MR) is 107 cm³/mol. The Kier molecular flexibility index (Phi) is 16.8. The van der Waals surface area contributed by atoms with Gasteiger partial charge >= 0.3 is 0 Å². The van der Waals surface area contributed by atoms with Crippen LogP contribution in [0.3, 0.4) is 0 Å². The average molecular weight is 341 g/mol. The number of amides is 1. The predicted octanol–water partition coefficient (Wildman–Crippen LogP) is 5.49. The molecule has 0 N–H and O–H groups in total. The molecule has 3 heteroatoms. The van der Waals surface area contributed by atoms with Crippen molar-refractivity contribution in [2.45, 2.75) is 97.3 Å². The number of rotatable bonds is 17. The lowest BCUT2D eigenvalue weighted by Crippen LogP contribution is -2.34. The lowest BCUT2D eigenvalue weighted by atomic mass is 10.1. The smallest absolute Gasteiger partial charge is 0.222 e. The number of unbranched alkanes of at least 4 members (excludes halogenated alkanes) is 9. The minimum absolute atomic E-state index is 0.389. The second kappa shape index (κ2) is 17.3. The van der Waals surface area contributed by atoms with Gasteiger partial charge in [0, 0.05) is 19.5 Å². The Bertz CT molecular complexity index is 279. The van der Waals surface area contributed by atoms with Crippen LogP contribution in [-0.4, -0.2) is 49.4 Å². The summed E-state index contributed by atoms with van der Waals surface area (Å²) in [7, 11) is 4.21. The number of nitrogens with zero attached hydrogens (tertiary/aromatic N) is 2. The van der Waals surface area contributed by atoms with E-state index in [1.165, 1.54) is 64.2 Å². The topological polar surface area (TPSA) is 23.6 Å². The van der Waals surface area contributed by atoms with Gasteiger partial charge in [-0.3, -0.25) is 4.79 Å². The Morgan fingerprint density at radius 2 is 1.12 bits per heavy atom. The average Bonchev–Trinajstić information content (AvgIpc) is 2.55. The fraction of sp³-hybridized carbons (Fsp3) is 0.952. The maximum atomic E-state index is 12.5. The Hall–Kier alpha value is -0.570.